The van der Waals surface area contributed by atoms with Gasteiger partial charge in [0.15, 0.2) is 5.96 Å². The zero-order chi connectivity index (χ0) is 19.9. The van der Waals surface area contributed by atoms with Crippen LogP contribution < -0.4 is 10.6 Å². The van der Waals surface area contributed by atoms with Gasteiger partial charge in [0, 0.05) is 45.7 Å². The molecule has 0 amide bonds. The fourth-order valence-electron chi connectivity index (χ4n) is 3.31. The average Bonchev–Trinajstić information content (AvgIpc) is 2.66. The highest BCUT2D eigenvalue weighted by atomic mass is 16.5. The molecule has 7 nitrogen and oxygen atoms in total. The van der Waals surface area contributed by atoms with Gasteiger partial charge in [0.25, 0.3) is 0 Å². The van der Waals surface area contributed by atoms with E-state index in [9.17, 15) is 4.79 Å². The van der Waals surface area contributed by atoms with Crippen LogP contribution in [0.2, 0.25) is 0 Å². The van der Waals surface area contributed by atoms with Crippen LogP contribution in [0.1, 0.15) is 52.9 Å². The van der Waals surface area contributed by atoms with E-state index in [1.54, 1.807) is 0 Å². The number of nitrogens with zero attached hydrogens (tertiary/aromatic N) is 2. The quantitative estimate of drug-likeness (QED) is 0.232. The number of hydrogen-bond donors (Lipinski definition) is 2. The first-order chi connectivity index (χ1) is 13.1. The molecule has 0 bridgehead atoms. The lowest BCUT2D eigenvalue weighted by Crippen LogP contribution is -2.52. The van der Waals surface area contributed by atoms with Crippen LogP contribution in [-0.2, 0) is 14.3 Å². The second-order valence-corrected chi connectivity index (χ2v) is 7.31. The topological polar surface area (TPSA) is 75.2 Å². The molecule has 1 rings (SSSR count). The Bertz CT molecular complexity index is 423. The Balaban J connectivity index is 2.17. The van der Waals surface area contributed by atoms with Crippen molar-refractivity contribution >= 4 is 11.9 Å². The SMILES string of the molecule is CCOC(=O)CCCCCCNC(=NC)NCC(C(C)C)N1CCOCC1. The number of unbranched alkanes of at least 4 members (excludes halogenated alkanes) is 3. The monoisotopic (exact) mass is 384 g/mol. The van der Waals surface area contributed by atoms with Crippen LogP contribution in [0.25, 0.3) is 0 Å². The molecule has 0 aromatic heterocycles. The summed E-state index contributed by atoms with van der Waals surface area (Å²) in [4.78, 5) is 18.1. The van der Waals surface area contributed by atoms with Gasteiger partial charge in [-0.2, -0.15) is 0 Å². The van der Waals surface area contributed by atoms with E-state index >= 15 is 0 Å². The lowest BCUT2D eigenvalue weighted by molar-refractivity contribution is -0.143. The third kappa shape index (κ3) is 10.5. The van der Waals surface area contributed by atoms with E-state index in [-0.39, 0.29) is 5.97 Å². The van der Waals surface area contributed by atoms with Crippen molar-refractivity contribution < 1.29 is 14.3 Å². The predicted octanol–water partition coefficient (Wildman–Crippen LogP) is 2.02. The van der Waals surface area contributed by atoms with Crippen LogP contribution in [0.3, 0.4) is 0 Å². The van der Waals surface area contributed by atoms with Crippen molar-refractivity contribution in [3.05, 3.63) is 0 Å². The van der Waals surface area contributed by atoms with Crippen LogP contribution in [0.5, 0.6) is 0 Å². The number of carbonyl (C=O) groups excluding carboxylic acids is 1. The summed E-state index contributed by atoms with van der Waals surface area (Å²) in [5.41, 5.74) is 0. The Labute approximate surface area is 165 Å². The molecule has 1 fully saturated rings. The van der Waals surface area contributed by atoms with E-state index in [1.807, 2.05) is 14.0 Å². The Kier molecular flexibility index (Phi) is 12.9. The smallest absolute Gasteiger partial charge is 0.305 e. The fourth-order valence-corrected chi connectivity index (χ4v) is 3.31. The van der Waals surface area contributed by atoms with Crippen LogP contribution in [0.4, 0.5) is 0 Å². The molecule has 0 saturated carbocycles. The minimum absolute atomic E-state index is 0.0831. The summed E-state index contributed by atoms with van der Waals surface area (Å²) >= 11 is 0. The molecule has 0 aliphatic carbocycles. The molecule has 1 saturated heterocycles. The third-order valence-electron chi connectivity index (χ3n) is 4.89. The van der Waals surface area contributed by atoms with Gasteiger partial charge in [-0.15, -0.1) is 0 Å². The highest BCUT2D eigenvalue weighted by Crippen LogP contribution is 2.12. The number of ether oxygens (including phenoxy) is 2. The average molecular weight is 385 g/mol. The largest absolute Gasteiger partial charge is 0.466 e. The Morgan fingerprint density at radius 2 is 1.85 bits per heavy atom. The standard InChI is InChI=1S/C20H40N4O3/c1-5-27-19(25)10-8-6-7-9-11-22-20(21-4)23-16-18(17(2)3)24-12-14-26-15-13-24/h17-18H,5-16H2,1-4H3,(H2,21,22,23). The van der Waals surface area contributed by atoms with Crippen LogP contribution in [0, 0.1) is 5.92 Å². The summed E-state index contributed by atoms with van der Waals surface area (Å²) in [5.74, 6) is 1.36. The minimum Gasteiger partial charge on any atom is -0.466 e. The lowest BCUT2D eigenvalue weighted by atomic mass is 10.0. The second kappa shape index (κ2) is 14.7. The summed E-state index contributed by atoms with van der Waals surface area (Å²) < 4.78 is 10.4. The van der Waals surface area contributed by atoms with Gasteiger partial charge in [-0.05, 0) is 25.7 Å². The van der Waals surface area contributed by atoms with Gasteiger partial charge >= 0.3 is 5.97 Å². The molecule has 27 heavy (non-hydrogen) atoms. The van der Waals surface area contributed by atoms with E-state index in [0.29, 0.717) is 25.0 Å². The first-order valence-electron chi connectivity index (χ1n) is 10.5. The Hall–Kier alpha value is -1.34. The molecule has 2 N–H and O–H groups in total. The third-order valence-corrected chi connectivity index (χ3v) is 4.89. The van der Waals surface area contributed by atoms with E-state index < -0.39 is 0 Å². The predicted molar refractivity (Wildman–Crippen MR) is 110 cm³/mol. The highest BCUT2D eigenvalue weighted by Gasteiger charge is 2.23. The van der Waals surface area contributed by atoms with E-state index in [4.69, 9.17) is 9.47 Å². The highest BCUT2D eigenvalue weighted by molar-refractivity contribution is 5.79. The summed E-state index contributed by atoms with van der Waals surface area (Å²) in [6.45, 7) is 12.3. The lowest BCUT2D eigenvalue weighted by Gasteiger charge is -2.37. The van der Waals surface area contributed by atoms with Crippen molar-refractivity contribution in [2.45, 2.75) is 58.9 Å². The molecule has 1 aliphatic rings. The van der Waals surface area contributed by atoms with Gasteiger partial charge in [-0.1, -0.05) is 26.7 Å². The number of guanidine groups is 1. The second-order valence-electron chi connectivity index (χ2n) is 7.31. The molecule has 1 unspecified atom stereocenters. The first kappa shape index (κ1) is 23.7. The van der Waals surface area contributed by atoms with Gasteiger partial charge in [0.05, 0.1) is 19.8 Å². The number of nitrogens with one attached hydrogen (secondary N) is 2. The maximum Gasteiger partial charge on any atom is 0.305 e. The van der Waals surface area contributed by atoms with Crippen molar-refractivity contribution in [1.29, 1.82) is 0 Å². The minimum atomic E-state index is -0.0831. The van der Waals surface area contributed by atoms with E-state index in [2.05, 4.69) is 34.4 Å². The number of carbonyl (C=O) groups is 1. The van der Waals surface area contributed by atoms with Crippen molar-refractivity contribution in [3.63, 3.8) is 0 Å². The van der Waals surface area contributed by atoms with E-state index in [0.717, 1.165) is 71.0 Å². The molecule has 1 atom stereocenters. The number of morpholine rings is 1. The van der Waals surface area contributed by atoms with Crippen molar-refractivity contribution in [2.24, 2.45) is 10.9 Å². The fraction of sp³-hybridized carbons (Fsp3) is 0.900. The Morgan fingerprint density at radius 1 is 1.15 bits per heavy atom. The summed E-state index contributed by atoms with van der Waals surface area (Å²) in [6.07, 6.45) is 4.66. The van der Waals surface area contributed by atoms with Crippen molar-refractivity contribution in [2.75, 3.05) is 53.0 Å². The van der Waals surface area contributed by atoms with Gasteiger partial charge < -0.3 is 20.1 Å². The molecule has 158 valence electrons. The number of esters is 1. The summed E-state index contributed by atoms with van der Waals surface area (Å²) in [7, 11) is 1.81. The molecule has 0 spiro atoms. The van der Waals surface area contributed by atoms with Crippen molar-refractivity contribution in [3.8, 4) is 0 Å². The number of hydrogen-bond acceptors (Lipinski definition) is 5. The molecular weight excluding hydrogens is 344 g/mol. The van der Waals surface area contributed by atoms with Gasteiger partial charge in [-0.3, -0.25) is 14.7 Å². The number of rotatable bonds is 12. The van der Waals surface area contributed by atoms with Crippen molar-refractivity contribution in [1.82, 2.24) is 15.5 Å². The van der Waals surface area contributed by atoms with Crippen LogP contribution >= 0.6 is 0 Å². The van der Waals surface area contributed by atoms with Crippen LogP contribution in [-0.4, -0.2) is 75.9 Å². The number of aliphatic imine (C=N–C) groups is 1. The zero-order valence-electron chi connectivity index (χ0n) is 17.8. The molecule has 0 aromatic carbocycles. The maximum atomic E-state index is 11.3. The molecular formula is C20H40N4O3. The summed E-state index contributed by atoms with van der Waals surface area (Å²) in [6, 6.07) is 0.482. The van der Waals surface area contributed by atoms with Gasteiger partial charge in [0.1, 0.15) is 0 Å². The van der Waals surface area contributed by atoms with Crippen LogP contribution in [0.15, 0.2) is 4.99 Å². The molecule has 0 aromatic rings. The molecule has 1 aliphatic heterocycles. The molecule has 0 radical (unpaired) electrons. The zero-order valence-corrected chi connectivity index (χ0v) is 17.8. The molecule has 7 heteroatoms. The van der Waals surface area contributed by atoms with Gasteiger partial charge in [0.2, 0.25) is 0 Å². The normalized spacial score (nSPS) is 17.0. The summed E-state index contributed by atoms with van der Waals surface area (Å²) in [5, 5.41) is 6.87. The maximum absolute atomic E-state index is 11.3. The van der Waals surface area contributed by atoms with Gasteiger partial charge in [-0.25, -0.2) is 0 Å². The first-order valence-corrected chi connectivity index (χ1v) is 10.5. The molecule has 1 heterocycles. The Morgan fingerprint density at radius 3 is 2.48 bits per heavy atom. The van der Waals surface area contributed by atoms with E-state index in [1.165, 1.54) is 0 Å².